The maximum atomic E-state index is 11.7. The number of halogens is 4. The summed E-state index contributed by atoms with van der Waals surface area (Å²) in [5, 5.41) is 0.162. The molecule has 1 heterocycles. The first-order valence-electron chi connectivity index (χ1n) is 3.26. The Bertz CT molecular complexity index is 313. The van der Waals surface area contributed by atoms with Crippen molar-refractivity contribution in [3.63, 3.8) is 0 Å². The van der Waals surface area contributed by atoms with Crippen LogP contribution in [0.3, 0.4) is 0 Å². The molecule has 6 heteroatoms. The number of alkyl halides is 3. The van der Waals surface area contributed by atoms with E-state index in [0.717, 1.165) is 6.20 Å². The third-order valence-corrected chi connectivity index (χ3v) is 1.62. The zero-order valence-corrected chi connectivity index (χ0v) is 7.28. The summed E-state index contributed by atoms with van der Waals surface area (Å²) in [4.78, 5) is 3.50. The van der Waals surface area contributed by atoms with E-state index in [9.17, 15) is 13.2 Å². The van der Waals surface area contributed by atoms with E-state index in [-0.39, 0.29) is 10.9 Å². The van der Waals surface area contributed by atoms with Crippen LogP contribution in [0.2, 0.25) is 5.15 Å². The van der Waals surface area contributed by atoms with Crippen molar-refractivity contribution in [3.05, 3.63) is 23.0 Å². The molecule has 0 aromatic carbocycles. The molecule has 1 aromatic heterocycles. The number of nitrogens with zero attached hydrogens (tertiary/aromatic N) is 1. The molecule has 1 aromatic rings. The molecular formula is C7H5ClF3NO. The quantitative estimate of drug-likeness (QED) is 0.667. The monoisotopic (exact) mass is 211 g/mol. The SMILES string of the molecule is Cc1cc(OC(F)(F)F)cnc1Cl. The first-order chi connectivity index (χ1) is 5.88. The van der Waals surface area contributed by atoms with Gasteiger partial charge in [0.2, 0.25) is 0 Å². The molecule has 0 saturated heterocycles. The van der Waals surface area contributed by atoms with Gasteiger partial charge < -0.3 is 4.74 Å². The van der Waals surface area contributed by atoms with E-state index in [2.05, 4.69) is 9.72 Å². The summed E-state index contributed by atoms with van der Waals surface area (Å²) in [5.74, 6) is -0.366. The second kappa shape index (κ2) is 3.41. The molecule has 1 rings (SSSR count). The average Bonchev–Trinajstić information content (AvgIpc) is 1.94. The van der Waals surface area contributed by atoms with Crippen molar-refractivity contribution in [2.45, 2.75) is 13.3 Å². The maximum absolute atomic E-state index is 11.7. The first kappa shape index (κ1) is 10.1. The number of aryl methyl sites for hydroxylation is 1. The predicted octanol–water partition coefficient (Wildman–Crippen LogP) is 2.94. The number of aromatic nitrogens is 1. The van der Waals surface area contributed by atoms with E-state index in [0.29, 0.717) is 5.56 Å². The van der Waals surface area contributed by atoms with E-state index < -0.39 is 6.36 Å². The molecule has 0 saturated carbocycles. The Kier molecular flexibility index (Phi) is 2.66. The fourth-order valence-corrected chi connectivity index (χ4v) is 0.825. The van der Waals surface area contributed by atoms with Gasteiger partial charge in [-0.3, -0.25) is 0 Å². The summed E-state index contributed by atoms with van der Waals surface area (Å²) in [6.07, 6.45) is -3.77. The molecule has 0 atom stereocenters. The molecule has 0 aliphatic heterocycles. The Labute approximate surface area is 77.3 Å². The van der Waals surface area contributed by atoms with Crippen LogP contribution in [0.25, 0.3) is 0 Å². The van der Waals surface area contributed by atoms with E-state index in [1.165, 1.54) is 6.07 Å². The van der Waals surface area contributed by atoms with Gasteiger partial charge in [-0.2, -0.15) is 0 Å². The van der Waals surface area contributed by atoms with Crippen molar-refractivity contribution < 1.29 is 17.9 Å². The lowest BCUT2D eigenvalue weighted by Gasteiger charge is -2.08. The van der Waals surface area contributed by atoms with E-state index in [1.54, 1.807) is 6.92 Å². The minimum Gasteiger partial charge on any atom is -0.404 e. The molecule has 0 N–H and O–H groups in total. The number of ether oxygens (including phenoxy) is 1. The third-order valence-electron chi connectivity index (χ3n) is 1.22. The lowest BCUT2D eigenvalue weighted by molar-refractivity contribution is -0.274. The van der Waals surface area contributed by atoms with Crippen molar-refractivity contribution in [3.8, 4) is 5.75 Å². The largest absolute Gasteiger partial charge is 0.573 e. The van der Waals surface area contributed by atoms with Gasteiger partial charge in [-0.1, -0.05) is 11.6 Å². The van der Waals surface area contributed by atoms with Crippen molar-refractivity contribution in [1.82, 2.24) is 4.98 Å². The van der Waals surface area contributed by atoms with Crippen LogP contribution in [0.1, 0.15) is 5.56 Å². The number of hydrogen-bond donors (Lipinski definition) is 0. The van der Waals surface area contributed by atoms with Gasteiger partial charge in [-0.15, -0.1) is 13.2 Å². The number of pyridine rings is 1. The second-order valence-electron chi connectivity index (χ2n) is 2.33. The summed E-state index contributed by atoms with van der Waals surface area (Å²) in [6, 6.07) is 1.17. The van der Waals surface area contributed by atoms with E-state index in [1.807, 2.05) is 0 Å². The van der Waals surface area contributed by atoms with Crippen molar-refractivity contribution in [2.75, 3.05) is 0 Å². The highest BCUT2D eigenvalue weighted by molar-refractivity contribution is 6.30. The standard InChI is InChI=1S/C7H5ClF3NO/c1-4-2-5(3-12-6(4)8)13-7(9,10)11/h2-3H,1H3. The Hall–Kier alpha value is -0.970. The Balaban J connectivity index is 2.86. The van der Waals surface area contributed by atoms with Crippen LogP contribution in [-0.2, 0) is 0 Å². The molecule has 0 bridgehead atoms. The minimum atomic E-state index is -4.69. The van der Waals surface area contributed by atoms with Crippen LogP contribution in [0.15, 0.2) is 12.3 Å². The molecule has 0 aliphatic carbocycles. The van der Waals surface area contributed by atoms with Crippen molar-refractivity contribution >= 4 is 11.6 Å². The fraction of sp³-hybridized carbons (Fsp3) is 0.286. The zero-order valence-electron chi connectivity index (χ0n) is 6.52. The van der Waals surface area contributed by atoms with Gasteiger partial charge in [0.1, 0.15) is 10.9 Å². The van der Waals surface area contributed by atoms with Gasteiger partial charge in [-0.25, -0.2) is 4.98 Å². The van der Waals surface area contributed by atoms with Crippen LogP contribution in [0.4, 0.5) is 13.2 Å². The molecule has 13 heavy (non-hydrogen) atoms. The van der Waals surface area contributed by atoms with Gasteiger partial charge in [0.05, 0.1) is 6.20 Å². The first-order valence-corrected chi connectivity index (χ1v) is 3.64. The summed E-state index contributed by atoms with van der Waals surface area (Å²) in [5.41, 5.74) is 0.434. The summed E-state index contributed by atoms with van der Waals surface area (Å²) < 4.78 is 38.7. The highest BCUT2D eigenvalue weighted by Crippen LogP contribution is 2.24. The average molecular weight is 212 g/mol. The maximum Gasteiger partial charge on any atom is 0.573 e. The van der Waals surface area contributed by atoms with E-state index in [4.69, 9.17) is 11.6 Å². The van der Waals surface area contributed by atoms with Gasteiger partial charge >= 0.3 is 6.36 Å². The highest BCUT2D eigenvalue weighted by Gasteiger charge is 2.31. The lowest BCUT2D eigenvalue weighted by atomic mass is 10.3. The number of hydrogen-bond acceptors (Lipinski definition) is 2. The minimum absolute atomic E-state index is 0.162. The lowest BCUT2D eigenvalue weighted by Crippen LogP contribution is -2.17. The molecular weight excluding hydrogens is 207 g/mol. The molecule has 0 amide bonds. The van der Waals surface area contributed by atoms with Crippen LogP contribution in [0.5, 0.6) is 5.75 Å². The smallest absolute Gasteiger partial charge is 0.404 e. The van der Waals surface area contributed by atoms with Gasteiger partial charge in [0, 0.05) is 0 Å². The second-order valence-corrected chi connectivity index (χ2v) is 2.68. The number of rotatable bonds is 1. The Morgan fingerprint density at radius 3 is 2.54 bits per heavy atom. The van der Waals surface area contributed by atoms with Gasteiger partial charge in [-0.05, 0) is 18.6 Å². The summed E-state index contributed by atoms with van der Waals surface area (Å²) >= 11 is 5.50. The molecule has 72 valence electrons. The zero-order chi connectivity index (χ0) is 10.1. The molecule has 0 spiro atoms. The topological polar surface area (TPSA) is 22.1 Å². The van der Waals surface area contributed by atoms with Crippen LogP contribution in [-0.4, -0.2) is 11.3 Å². The molecule has 0 unspecified atom stereocenters. The van der Waals surface area contributed by atoms with Gasteiger partial charge in [0.15, 0.2) is 0 Å². The third kappa shape index (κ3) is 3.10. The molecule has 2 nitrogen and oxygen atoms in total. The van der Waals surface area contributed by atoms with Crippen molar-refractivity contribution in [1.29, 1.82) is 0 Å². The Morgan fingerprint density at radius 1 is 1.46 bits per heavy atom. The van der Waals surface area contributed by atoms with E-state index >= 15 is 0 Å². The predicted molar refractivity (Wildman–Crippen MR) is 40.7 cm³/mol. The summed E-state index contributed by atoms with van der Waals surface area (Å²) in [6.45, 7) is 1.54. The van der Waals surface area contributed by atoms with Gasteiger partial charge in [0.25, 0.3) is 0 Å². The fourth-order valence-electron chi connectivity index (χ4n) is 0.722. The molecule has 0 radical (unpaired) electrons. The van der Waals surface area contributed by atoms with Crippen LogP contribution < -0.4 is 4.74 Å². The molecule has 0 fully saturated rings. The molecule has 0 aliphatic rings. The normalized spacial score (nSPS) is 11.5. The van der Waals surface area contributed by atoms with Crippen molar-refractivity contribution in [2.24, 2.45) is 0 Å². The van der Waals surface area contributed by atoms with Crippen LogP contribution in [0, 0.1) is 6.92 Å². The summed E-state index contributed by atoms with van der Waals surface area (Å²) in [7, 11) is 0. The van der Waals surface area contributed by atoms with Crippen LogP contribution >= 0.6 is 11.6 Å². The highest BCUT2D eigenvalue weighted by atomic mass is 35.5. The Morgan fingerprint density at radius 2 is 2.08 bits per heavy atom.